The number of hydrogen-bond donors (Lipinski definition) is 0. The number of carbonyl (C=O) groups is 2. The SMILES string of the molecule is CCOc1ccc(/C=C/C(=O)OCC(=O)c2ccc(C(C)(C)C)cc2)cc1OC. The Morgan fingerprint density at radius 1 is 1.00 bits per heavy atom. The molecular formula is C24H28O5. The van der Waals surface area contributed by atoms with E-state index in [1.54, 1.807) is 43.5 Å². The molecule has 0 aromatic heterocycles. The highest BCUT2D eigenvalue weighted by molar-refractivity contribution is 5.99. The van der Waals surface area contributed by atoms with E-state index in [4.69, 9.17) is 14.2 Å². The van der Waals surface area contributed by atoms with Crippen LogP contribution in [0.2, 0.25) is 0 Å². The highest BCUT2D eigenvalue weighted by Crippen LogP contribution is 2.28. The van der Waals surface area contributed by atoms with Crippen molar-refractivity contribution in [2.45, 2.75) is 33.1 Å². The summed E-state index contributed by atoms with van der Waals surface area (Å²) in [4.78, 5) is 24.2. The minimum atomic E-state index is -0.586. The summed E-state index contributed by atoms with van der Waals surface area (Å²) in [5.41, 5.74) is 2.43. The van der Waals surface area contributed by atoms with Gasteiger partial charge in [0.05, 0.1) is 13.7 Å². The third kappa shape index (κ3) is 6.49. The molecule has 0 aliphatic carbocycles. The molecule has 5 heteroatoms. The topological polar surface area (TPSA) is 61.8 Å². The zero-order valence-corrected chi connectivity index (χ0v) is 17.7. The Morgan fingerprint density at radius 2 is 1.69 bits per heavy atom. The molecule has 0 saturated heterocycles. The zero-order chi connectivity index (χ0) is 21.4. The Bertz CT molecular complexity index is 873. The number of ether oxygens (including phenoxy) is 3. The first-order chi connectivity index (χ1) is 13.7. The minimum Gasteiger partial charge on any atom is -0.493 e. The number of carbonyl (C=O) groups excluding carboxylic acids is 2. The van der Waals surface area contributed by atoms with Gasteiger partial charge in [-0.25, -0.2) is 4.79 Å². The van der Waals surface area contributed by atoms with Crippen LogP contribution in [0.4, 0.5) is 0 Å². The molecule has 0 bridgehead atoms. The van der Waals surface area contributed by atoms with Crippen LogP contribution in [-0.4, -0.2) is 32.1 Å². The van der Waals surface area contributed by atoms with Gasteiger partial charge >= 0.3 is 5.97 Å². The van der Waals surface area contributed by atoms with Crippen molar-refractivity contribution in [1.82, 2.24) is 0 Å². The van der Waals surface area contributed by atoms with Crippen molar-refractivity contribution in [3.63, 3.8) is 0 Å². The smallest absolute Gasteiger partial charge is 0.331 e. The average Bonchev–Trinajstić information content (AvgIpc) is 2.70. The zero-order valence-electron chi connectivity index (χ0n) is 17.7. The molecule has 154 valence electrons. The Labute approximate surface area is 172 Å². The summed E-state index contributed by atoms with van der Waals surface area (Å²) >= 11 is 0. The Balaban J connectivity index is 1.93. The van der Waals surface area contributed by atoms with Gasteiger partial charge in [-0.05, 0) is 41.7 Å². The van der Waals surface area contributed by atoms with Crippen LogP contribution in [0.25, 0.3) is 6.08 Å². The van der Waals surface area contributed by atoms with Gasteiger partial charge in [-0.15, -0.1) is 0 Å². The van der Waals surface area contributed by atoms with E-state index in [1.165, 1.54) is 6.08 Å². The van der Waals surface area contributed by atoms with Crippen LogP contribution in [0, 0.1) is 0 Å². The fraction of sp³-hybridized carbons (Fsp3) is 0.333. The summed E-state index contributed by atoms with van der Waals surface area (Å²) in [5.74, 6) is 0.390. The maximum absolute atomic E-state index is 12.2. The molecule has 0 radical (unpaired) electrons. The number of hydrogen-bond acceptors (Lipinski definition) is 5. The van der Waals surface area contributed by atoms with Gasteiger partial charge < -0.3 is 14.2 Å². The van der Waals surface area contributed by atoms with Gasteiger partial charge in [0.25, 0.3) is 0 Å². The molecular weight excluding hydrogens is 368 g/mol. The number of rotatable bonds is 8. The summed E-state index contributed by atoms with van der Waals surface area (Å²) in [5, 5.41) is 0. The summed E-state index contributed by atoms with van der Waals surface area (Å²) in [6, 6.07) is 12.7. The van der Waals surface area contributed by atoms with Crippen molar-refractivity contribution in [3.05, 3.63) is 65.2 Å². The van der Waals surface area contributed by atoms with E-state index in [0.29, 0.717) is 23.7 Å². The van der Waals surface area contributed by atoms with Gasteiger partial charge in [-0.2, -0.15) is 0 Å². The Morgan fingerprint density at radius 3 is 2.28 bits per heavy atom. The van der Waals surface area contributed by atoms with E-state index in [1.807, 2.05) is 19.1 Å². The minimum absolute atomic E-state index is 0.0163. The van der Waals surface area contributed by atoms with Crippen molar-refractivity contribution in [2.75, 3.05) is 20.3 Å². The molecule has 0 heterocycles. The van der Waals surface area contributed by atoms with Crippen LogP contribution >= 0.6 is 0 Å². The van der Waals surface area contributed by atoms with Crippen molar-refractivity contribution >= 4 is 17.8 Å². The molecule has 2 aromatic rings. The second kappa shape index (κ2) is 9.92. The van der Waals surface area contributed by atoms with Crippen molar-refractivity contribution < 1.29 is 23.8 Å². The molecule has 2 rings (SSSR count). The molecule has 0 aliphatic rings. The first-order valence-electron chi connectivity index (χ1n) is 9.54. The first kappa shape index (κ1) is 22.2. The van der Waals surface area contributed by atoms with Gasteiger partial charge in [0.2, 0.25) is 0 Å². The molecule has 0 atom stereocenters. The molecule has 0 saturated carbocycles. The van der Waals surface area contributed by atoms with E-state index in [2.05, 4.69) is 20.8 Å². The highest BCUT2D eigenvalue weighted by atomic mass is 16.5. The fourth-order valence-corrected chi connectivity index (χ4v) is 2.65. The van der Waals surface area contributed by atoms with Crippen LogP contribution in [-0.2, 0) is 14.9 Å². The predicted octanol–water partition coefficient (Wildman–Crippen LogP) is 4.83. The third-order valence-electron chi connectivity index (χ3n) is 4.32. The third-order valence-corrected chi connectivity index (χ3v) is 4.32. The standard InChI is InChI=1S/C24H28O5/c1-6-28-21-13-7-17(15-22(21)27-5)8-14-23(26)29-16-20(25)18-9-11-19(12-10-18)24(2,3)4/h7-15H,6,16H2,1-5H3/b14-8+. The number of methoxy groups -OCH3 is 1. The van der Waals surface area contributed by atoms with Crippen LogP contribution in [0.15, 0.2) is 48.5 Å². The molecule has 0 unspecified atom stereocenters. The lowest BCUT2D eigenvalue weighted by Crippen LogP contribution is -2.14. The predicted molar refractivity (Wildman–Crippen MR) is 114 cm³/mol. The van der Waals surface area contributed by atoms with Gasteiger partial charge in [0.1, 0.15) is 0 Å². The van der Waals surface area contributed by atoms with E-state index in [-0.39, 0.29) is 17.8 Å². The molecule has 0 amide bonds. The first-order valence-corrected chi connectivity index (χ1v) is 9.54. The highest BCUT2D eigenvalue weighted by Gasteiger charge is 2.15. The quantitative estimate of drug-likeness (QED) is 0.363. The molecule has 0 fully saturated rings. The van der Waals surface area contributed by atoms with Crippen LogP contribution in [0.5, 0.6) is 11.5 Å². The molecule has 0 aliphatic heterocycles. The van der Waals surface area contributed by atoms with Gasteiger partial charge in [0, 0.05) is 11.6 Å². The Hall–Kier alpha value is -3.08. The summed E-state index contributed by atoms with van der Waals surface area (Å²) in [6.07, 6.45) is 2.88. The largest absolute Gasteiger partial charge is 0.493 e. The maximum Gasteiger partial charge on any atom is 0.331 e. The monoisotopic (exact) mass is 396 g/mol. The fourth-order valence-electron chi connectivity index (χ4n) is 2.65. The van der Waals surface area contributed by atoms with E-state index >= 15 is 0 Å². The normalized spacial score (nSPS) is 11.3. The van der Waals surface area contributed by atoms with E-state index < -0.39 is 5.97 Å². The van der Waals surface area contributed by atoms with Crippen LogP contribution < -0.4 is 9.47 Å². The second-order valence-corrected chi connectivity index (χ2v) is 7.53. The maximum atomic E-state index is 12.2. The lowest BCUT2D eigenvalue weighted by Gasteiger charge is -2.18. The molecule has 5 nitrogen and oxygen atoms in total. The van der Waals surface area contributed by atoms with Crippen molar-refractivity contribution in [2.24, 2.45) is 0 Å². The van der Waals surface area contributed by atoms with Gasteiger partial charge in [-0.3, -0.25) is 4.79 Å². The molecule has 0 N–H and O–H groups in total. The number of Topliss-reactive ketones (excluding diaryl/α,β-unsaturated/α-hetero) is 1. The number of ketones is 1. The van der Waals surface area contributed by atoms with E-state index in [9.17, 15) is 9.59 Å². The Kier molecular flexibility index (Phi) is 7.59. The van der Waals surface area contributed by atoms with E-state index in [0.717, 1.165) is 11.1 Å². The molecule has 2 aromatic carbocycles. The molecule has 0 spiro atoms. The number of esters is 1. The van der Waals surface area contributed by atoms with Gasteiger partial charge in [-0.1, -0.05) is 51.1 Å². The lowest BCUT2D eigenvalue weighted by atomic mass is 9.86. The summed E-state index contributed by atoms with van der Waals surface area (Å²) < 4.78 is 15.8. The average molecular weight is 396 g/mol. The lowest BCUT2D eigenvalue weighted by molar-refractivity contribution is -0.136. The second-order valence-electron chi connectivity index (χ2n) is 7.53. The van der Waals surface area contributed by atoms with Gasteiger partial charge in [0.15, 0.2) is 23.9 Å². The molecule has 29 heavy (non-hydrogen) atoms. The summed E-state index contributed by atoms with van der Waals surface area (Å²) in [6.45, 7) is 8.45. The van der Waals surface area contributed by atoms with Crippen LogP contribution in [0.3, 0.4) is 0 Å². The number of benzene rings is 2. The summed E-state index contributed by atoms with van der Waals surface area (Å²) in [7, 11) is 1.55. The van der Waals surface area contributed by atoms with Crippen molar-refractivity contribution in [1.29, 1.82) is 0 Å². The van der Waals surface area contributed by atoms with Crippen LogP contribution in [0.1, 0.15) is 49.2 Å². The van der Waals surface area contributed by atoms with Crippen molar-refractivity contribution in [3.8, 4) is 11.5 Å².